The van der Waals surface area contributed by atoms with Gasteiger partial charge in [-0.15, -0.1) is 0 Å². The highest BCUT2D eigenvalue weighted by Gasteiger charge is 2.27. The van der Waals surface area contributed by atoms with Crippen LogP contribution >= 0.6 is 11.6 Å². The Bertz CT molecular complexity index is 696. The van der Waals surface area contributed by atoms with E-state index in [-0.39, 0.29) is 34.6 Å². The lowest BCUT2D eigenvalue weighted by Gasteiger charge is -2.19. The highest BCUT2D eigenvalue weighted by molar-refractivity contribution is 6.33. The van der Waals surface area contributed by atoms with Crippen LogP contribution in [0.4, 0.5) is 0 Å². The number of fused-ring (bicyclic) bond motifs is 1. The van der Waals surface area contributed by atoms with Crippen molar-refractivity contribution in [2.24, 2.45) is 0 Å². The summed E-state index contributed by atoms with van der Waals surface area (Å²) in [7, 11) is 2.93. The predicted octanol–water partition coefficient (Wildman–Crippen LogP) is 4.53. The van der Waals surface area contributed by atoms with Crippen LogP contribution in [0, 0.1) is 0 Å². The van der Waals surface area contributed by atoms with Gasteiger partial charge < -0.3 is 14.2 Å². The van der Waals surface area contributed by atoms with Crippen LogP contribution < -0.4 is 9.47 Å². The van der Waals surface area contributed by atoms with Gasteiger partial charge in [-0.05, 0) is 26.2 Å². The van der Waals surface area contributed by atoms with Gasteiger partial charge in [0.1, 0.15) is 28.9 Å². The Labute approximate surface area is 159 Å². The molecular formula is C20H25ClO5. The van der Waals surface area contributed by atoms with Crippen molar-refractivity contribution >= 4 is 23.4 Å². The van der Waals surface area contributed by atoms with Crippen LogP contribution in [0.25, 0.3) is 0 Å². The van der Waals surface area contributed by atoms with Gasteiger partial charge in [0, 0.05) is 30.9 Å². The van der Waals surface area contributed by atoms with Gasteiger partial charge in [-0.25, -0.2) is 4.79 Å². The number of halogens is 1. The third-order valence-corrected chi connectivity index (χ3v) is 4.74. The summed E-state index contributed by atoms with van der Waals surface area (Å²) in [4.78, 5) is 25.2. The number of cyclic esters (lactones) is 1. The lowest BCUT2D eigenvalue weighted by molar-refractivity contribution is -0.118. The normalized spacial score (nSPS) is 20.5. The van der Waals surface area contributed by atoms with E-state index in [0.29, 0.717) is 24.2 Å². The molecule has 1 aliphatic rings. The minimum Gasteiger partial charge on any atom is -0.496 e. The summed E-state index contributed by atoms with van der Waals surface area (Å²) in [6.45, 7) is 1.83. The molecule has 1 atom stereocenters. The molecule has 0 aromatic heterocycles. The smallest absolute Gasteiger partial charge is 0.342 e. The van der Waals surface area contributed by atoms with Gasteiger partial charge in [0.25, 0.3) is 0 Å². The fourth-order valence-corrected chi connectivity index (χ4v) is 3.22. The molecule has 5 nitrogen and oxygen atoms in total. The molecule has 0 bridgehead atoms. The number of esters is 1. The number of carbonyl (C=O) groups is 2. The van der Waals surface area contributed by atoms with Crippen molar-refractivity contribution in [2.45, 2.75) is 51.6 Å². The largest absolute Gasteiger partial charge is 0.496 e. The van der Waals surface area contributed by atoms with E-state index in [4.69, 9.17) is 25.8 Å². The number of carbonyl (C=O) groups excluding carboxylic acids is 2. The quantitative estimate of drug-likeness (QED) is 0.557. The van der Waals surface area contributed by atoms with Crippen LogP contribution in [-0.2, 0) is 16.0 Å². The number of ether oxygens (including phenoxy) is 3. The fraction of sp³-hybridized carbons (Fsp3) is 0.500. The maximum atomic E-state index is 12.8. The number of Topliss-reactive ketones (excluding diaryl/α,β-unsaturated/α-hetero) is 1. The maximum Gasteiger partial charge on any atom is 0.342 e. The summed E-state index contributed by atoms with van der Waals surface area (Å²) in [6.07, 6.45) is 7.54. The van der Waals surface area contributed by atoms with Crippen molar-refractivity contribution in [1.29, 1.82) is 0 Å². The van der Waals surface area contributed by atoms with Crippen molar-refractivity contribution in [1.82, 2.24) is 0 Å². The molecule has 142 valence electrons. The molecule has 0 aliphatic carbocycles. The van der Waals surface area contributed by atoms with E-state index >= 15 is 0 Å². The first-order valence-corrected chi connectivity index (χ1v) is 9.16. The molecule has 0 saturated carbocycles. The van der Waals surface area contributed by atoms with Crippen molar-refractivity contribution in [3.63, 3.8) is 0 Å². The van der Waals surface area contributed by atoms with E-state index < -0.39 is 5.97 Å². The molecule has 0 spiro atoms. The van der Waals surface area contributed by atoms with Crippen LogP contribution in [-0.4, -0.2) is 32.1 Å². The Hall–Kier alpha value is -2.01. The zero-order chi connectivity index (χ0) is 19.1. The number of ketones is 1. The summed E-state index contributed by atoms with van der Waals surface area (Å²) in [5, 5.41) is 0.244. The highest BCUT2D eigenvalue weighted by Crippen LogP contribution is 2.38. The van der Waals surface area contributed by atoms with Gasteiger partial charge in [-0.3, -0.25) is 4.79 Å². The van der Waals surface area contributed by atoms with Crippen LogP contribution in [0.3, 0.4) is 0 Å². The second-order valence-corrected chi connectivity index (χ2v) is 6.71. The highest BCUT2D eigenvalue weighted by atomic mass is 35.5. The second-order valence-electron chi connectivity index (χ2n) is 6.33. The standard InChI is InChI=1S/C20H25ClO5/c1-13-9-7-5-4-6-8-10-14(22)11-15-18(20(23)26-13)16(24-2)12-17(25-3)19(15)21/h5,7,12-13H,4,6,8-11H2,1-3H3/b7-5+. The number of hydrogen-bond acceptors (Lipinski definition) is 5. The zero-order valence-electron chi connectivity index (χ0n) is 15.5. The summed E-state index contributed by atoms with van der Waals surface area (Å²) in [6, 6.07) is 1.54. The predicted molar refractivity (Wildman–Crippen MR) is 100 cm³/mol. The van der Waals surface area contributed by atoms with E-state index in [9.17, 15) is 9.59 Å². The maximum absolute atomic E-state index is 12.8. The molecule has 0 fully saturated rings. The van der Waals surface area contributed by atoms with Crippen LogP contribution in [0.15, 0.2) is 18.2 Å². The van der Waals surface area contributed by atoms with E-state index in [1.807, 2.05) is 13.0 Å². The second kappa shape index (κ2) is 9.62. The van der Waals surface area contributed by atoms with Gasteiger partial charge in [0.2, 0.25) is 0 Å². The van der Waals surface area contributed by atoms with E-state index in [2.05, 4.69) is 6.08 Å². The Kier molecular flexibility index (Phi) is 7.51. The molecule has 1 heterocycles. The number of allylic oxidation sites excluding steroid dienone is 1. The minimum atomic E-state index is -0.549. The summed E-state index contributed by atoms with van der Waals surface area (Å²) < 4.78 is 16.2. The molecule has 0 radical (unpaired) electrons. The van der Waals surface area contributed by atoms with Crippen molar-refractivity contribution in [2.75, 3.05) is 14.2 Å². The molecule has 0 saturated heterocycles. The Morgan fingerprint density at radius 1 is 1.12 bits per heavy atom. The van der Waals surface area contributed by atoms with E-state index in [1.165, 1.54) is 14.2 Å². The van der Waals surface area contributed by atoms with Crippen molar-refractivity contribution in [3.05, 3.63) is 34.4 Å². The molecule has 1 aromatic rings. The van der Waals surface area contributed by atoms with E-state index in [0.717, 1.165) is 19.3 Å². The van der Waals surface area contributed by atoms with Crippen molar-refractivity contribution in [3.8, 4) is 11.5 Å². The summed E-state index contributed by atoms with van der Waals surface area (Å²) in [5.41, 5.74) is 0.595. The first kappa shape index (κ1) is 20.3. The molecular weight excluding hydrogens is 356 g/mol. The van der Waals surface area contributed by atoms with Crippen LogP contribution in [0.5, 0.6) is 11.5 Å². The SMILES string of the molecule is COc1cc(OC)c2c(c1Cl)CC(=O)CCCC/C=C/CC(C)OC2=O. The molecule has 1 aliphatic heterocycles. The number of benzene rings is 1. The van der Waals surface area contributed by atoms with Gasteiger partial charge in [0.15, 0.2) is 0 Å². The molecule has 1 aromatic carbocycles. The Balaban J connectivity index is 2.51. The first-order chi connectivity index (χ1) is 12.5. The van der Waals surface area contributed by atoms with E-state index in [1.54, 1.807) is 6.07 Å². The molecule has 1 unspecified atom stereocenters. The number of rotatable bonds is 2. The number of methoxy groups -OCH3 is 2. The topological polar surface area (TPSA) is 61.8 Å². The third kappa shape index (κ3) is 5.01. The zero-order valence-corrected chi connectivity index (χ0v) is 16.2. The molecule has 2 rings (SSSR count). The summed E-state index contributed by atoms with van der Waals surface area (Å²) >= 11 is 6.42. The average Bonchev–Trinajstić information content (AvgIpc) is 2.61. The van der Waals surface area contributed by atoms with Crippen LogP contribution in [0.1, 0.15) is 54.9 Å². The van der Waals surface area contributed by atoms with Gasteiger partial charge >= 0.3 is 5.97 Å². The molecule has 0 N–H and O–H groups in total. The lowest BCUT2D eigenvalue weighted by atomic mass is 9.97. The van der Waals surface area contributed by atoms with Crippen LogP contribution in [0.2, 0.25) is 5.02 Å². The third-order valence-electron chi connectivity index (χ3n) is 4.33. The molecule has 26 heavy (non-hydrogen) atoms. The monoisotopic (exact) mass is 380 g/mol. The number of hydrogen-bond donors (Lipinski definition) is 0. The Morgan fingerprint density at radius 2 is 1.85 bits per heavy atom. The lowest BCUT2D eigenvalue weighted by Crippen LogP contribution is -2.19. The van der Waals surface area contributed by atoms with Gasteiger partial charge in [0.05, 0.1) is 19.2 Å². The molecule has 6 heteroatoms. The van der Waals surface area contributed by atoms with Gasteiger partial charge in [-0.2, -0.15) is 0 Å². The summed E-state index contributed by atoms with van der Waals surface area (Å²) in [5.74, 6) is 0.117. The minimum absolute atomic E-state index is 0.0188. The Morgan fingerprint density at radius 3 is 2.54 bits per heavy atom. The average molecular weight is 381 g/mol. The molecule has 0 amide bonds. The first-order valence-electron chi connectivity index (χ1n) is 8.79. The van der Waals surface area contributed by atoms with Gasteiger partial charge in [-0.1, -0.05) is 23.8 Å². The van der Waals surface area contributed by atoms with Crippen molar-refractivity contribution < 1.29 is 23.8 Å². The fourth-order valence-electron chi connectivity index (χ4n) is 2.93.